The lowest BCUT2D eigenvalue weighted by Gasteiger charge is -2.22. The maximum absolute atomic E-state index is 12.2. The van der Waals surface area contributed by atoms with Gasteiger partial charge in [0.2, 0.25) is 10.0 Å². The van der Waals surface area contributed by atoms with Gasteiger partial charge in [0, 0.05) is 31.8 Å². The molecule has 0 saturated carbocycles. The fourth-order valence-corrected chi connectivity index (χ4v) is 2.72. The molecule has 0 aliphatic heterocycles. The van der Waals surface area contributed by atoms with Crippen LogP contribution in [0.4, 0.5) is 5.69 Å². The second kappa shape index (κ2) is 6.80. The lowest BCUT2D eigenvalue weighted by molar-refractivity contribution is -0.385. The number of nitrogens with zero attached hydrogens (tertiary/aromatic N) is 2. The Morgan fingerprint density at radius 3 is 2.53 bits per heavy atom. The molecule has 2 N–H and O–H groups in total. The van der Waals surface area contributed by atoms with Gasteiger partial charge in [-0.15, -0.1) is 12.4 Å². The Bertz CT molecular complexity index is 549. The number of hydrogen-bond acceptors (Lipinski definition) is 5. The Kier molecular flexibility index (Phi) is 6.37. The number of benzene rings is 1. The molecular weight excluding hydrogens is 294 g/mol. The number of hydrogen-bond donors (Lipinski definition) is 1. The van der Waals surface area contributed by atoms with Crippen LogP contribution in [0.25, 0.3) is 0 Å². The molecule has 0 aliphatic rings. The maximum Gasteiger partial charge on any atom is 0.270 e. The second-order valence-electron chi connectivity index (χ2n) is 3.86. The van der Waals surface area contributed by atoms with E-state index in [1.54, 1.807) is 6.92 Å². The first-order valence-electron chi connectivity index (χ1n) is 5.23. The van der Waals surface area contributed by atoms with Crippen molar-refractivity contribution >= 4 is 28.1 Å². The Labute approximate surface area is 118 Å². The van der Waals surface area contributed by atoms with Gasteiger partial charge in [-0.3, -0.25) is 10.1 Å². The first kappa shape index (κ1) is 17.8. The van der Waals surface area contributed by atoms with Gasteiger partial charge in [-0.1, -0.05) is 6.07 Å². The zero-order valence-electron chi connectivity index (χ0n) is 10.5. The number of halogens is 1. The minimum atomic E-state index is -3.76. The molecule has 0 bridgehead atoms. The molecule has 0 saturated heterocycles. The average molecular weight is 310 g/mol. The first-order chi connectivity index (χ1) is 8.30. The van der Waals surface area contributed by atoms with E-state index in [1.165, 1.54) is 25.2 Å². The largest absolute Gasteiger partial charge is 0.329 e. The normalized spacial score (nSPS) is 12.8. The summed E-state index contributed by atoms with van der Waals surface area (Å²) in [4.78, 5) is 9.87. The Morgan fingerprint density at radius 1 is 1.47 bits per heavy atom. The fourth-order valence-electron chi connectivity index (χ4n) is 1.31. The van der Waals surface area contributed by atoms with Crippen LogP contribution >= 0.6 is 12.4 Å². The third-order valence-corrected chi connectivity index (χ3v) is 4.64. The minimum Gasteiger partial charge on any atom is -0.329 e. The number of likely N-dealkylation sites (N-methyl/N-ethyl adjacent to an activating group) is 1. The van der Waals surface area contributed by atoms with Crippen molar-refractivity contribution in [3.05, 3.63) is 34.4 Å². The van der Waals surface area contributed by atoms with Gasteiger partial charge in [-0.05, 0) is 13.0 Å². The van der Waals surface area contributed by atoms with Crippen molar-refractivity contribution in [3.8, 4) is 0 Å². The summed E-state index contributed by atoms with van der Waals surface area (Å²) in [5, 5.41) is 10.6. The highest BCUT2D eigenvalue weighted by molar-refractivity contribution is 7.89. The third kappa shape index (κ3) is 3.87. The molecule has 0 aromatic heterocycles. The van der Waals surface area contributed by atoms with E-state index in [-0.39, 0.29) is 35.6 Å². The van der Waals surface area contributed by atoms with E-state index in [0.29, 0.717) is 0 Å². The molecule has 0 heterocycles. The highest BCUT2D eigenvalue weighted by Crippen LogP contribution is 2.21. The molecule has 0 amide bonds. The molecule has 19 heavy (non-hydrogen) atoms. The molecule has 1 atom stereocenters. The van der Waals surface area contributed by atoms with Crippen LogP contribution in [0.1, 0.15) is 6.92 Å². The Morgan fingerprint density at radius 2 is 2.05 bits per heavy atom. The predicted molar refractivity (Wildman–Crippen MR) is 73.8 cm³/mol. The lowest BCUT2D eigenvalue weighted by Crippen LogP contribution is -2.39. The number of nitro benzene ring substituents is 1. The van der Waals surface area contributed by atoms with Crippen LogP contribution in [-0.2, 0) is 10.0 Å². The molecule has 1 rings (SSSR count). The van der Waals surface area contributed by atoms with Crippen LogP contribution in [-0.4, -0.2) is 37.3 Å². The molecule has 0 spiro atoms. The van der Waals surface area contributed by atoms with E-state index in [1.807, 2.05) is 0 Å². The summed E-state index contributed by atoms with van der Waals surface area (Å²) < 4.78 is 25.4. The van der Waals surface area contributed by atoms with Crippen molar-refractivity contribution in [2.24, 2.45) is 5.73 Å². The summed E-state index contributed by atoms with van der Waals surface area (Å²) in [7, 11) is -2.36. The summed E-state index contributed by atoms with van der Waals surface area (Å²) >= 11 is 0. The van der Waals surface area contributed by atoms with Crippen molar-refractivity contribution in [1.29, 1.82) is 0 Å². The Hall–Kier alpha value is -1.22. The van der Waals surface area contributed by atoms with E-state index < -0.39 is 14.9 Å². The van der Waals surface area contributed by atoms with E-state index in [2.05, 4.69) is 0 Å². The number of nitro groups is 1. The number of non-ortho nitro benzene ring substituents is 1. The standard InChI is InChI=1S/C10H15N3O4S.ClH/c1-8(7-11)12(2)18(16,17)10-5-3-4-9(6-10)13(14)15;/h3-6,8H,7,11H2,1-2H3;1H. The van der Waals surface area contributed by atoms with E-state index in [4.69, 9.17) is 5.73 Å². The maximum atomic E-state index is 12.2. The molecule has 0 fully saturated rings. The summed E-state index contributed by atoms with van der Waals surface area (Å²) in [6.45, 7) is 1.83. The SMILES string of the molecule is CC(CN)N(C)S(=O)(=O)c1cccc([N+](=O)[O-])c1.Cl. The predicted octanol–water partition coefficient (Wildman–Crippen LogP) is 0.984. The van der Waals surface area contributed by atoms with Crippen LogP contribution in [0, 0.1) is 10.1 Å². The monoisotopic (exact) mass is 309 g/mol. The van der Waals surface area contributed by atoms with Gasteiger partial charge in [0.15, 0.2) is 0 Å². The summed E-state index contributed by atoms with van der Waals surface area (Å²) in [6, 6.07) is 4.56. The first-order valence-corrected chi connectivity index (χ1v) is 6.67. The van der Waals surface area contributed by atoms with Gasteiger partial charge < -0.3 is 5.73 Å². The fraction of sp³-hybridized carbons (Fsp3) is 0.400. The van der Waals surface area contributed by atoms with Gasteiger partial charge in [0.05, 0.1) is 9.82 Å². The zero-order chi connectivity index (χ0) is 13.9. The molecule has 1 aromatic carbocycles. The molecule has 7 nitrogen and oxygen atoms in total. The second-order valence-corrected chi connectivity index (χ2v) is 5.86. The molecule has 9 heteroatoms. The topological polar surface area (TPSA) is 107 Å². The van der Waals surface area contributed by atoms with Crippen molar-refractivity contribution < 1.29 is 13.3 Å². The summed E-state index contributed by atoms with van der Waals surface area (Å²) in [5.74, 6) is 0. The van der Waals surface area contributed by atoms with Crippen molar-refractivity contribution in [2.75, 3.05) is 13.6 Å². The molecule has 108 valence electrons. The van der Waals surface area contributed by atoms with Crippen molar-refractivity contribution in [2.45, 2.75) is 17.9 Å². The van der Waals surface area contributed by atoms with E-state index in [9.17, 15) is 18.5 Å². The highest BCUT2D eigenvalue weighted by Gasteiger charge is 2.25. The average Bonchev–Trinajstić information content (AvgIpc) is 2.36. The number of rotatable bonds is 5. The van der Waals surface area contributed by atoms with Crippen molar-refractivity contribution in [1.82, 2.24) is 4.31 Å². The van der Waals surface area contributed by atoms with Crippen molar-refractivity contribution in [3.63, 3.8) is 0 Å². The molecule has 1 aromatic rings. The lowest BCUT2D eigenvalue weighted by atomic mass is 10.3. The highest BCUT2D eigenvalue weighted by atomic mass is 35.5. The quantitative estimate of drug-likeness (QED) is 0.644. The molecule has 1 unspecified atom stereocenters. The van der Waals surface area contributed by atoms with E-state index in [0.717, 1.165) is 10.4 Å². The summed E-state index contributed by atoms with van der Waals surface area (Å²) in [5.41, 5.74) is 5.15. The Balaban J connectivity index is 0.00000324. The van der Waals surface area contributed by atoms with Gasteiger partial charge in [0.1, 0.15) is 0 Å². The van der Waals surface area contributed by atoms with Gasteiger partial charge in [0.25, 0.3) is 5.69 Å². The summed E-state index contributed by atoms with van der Waals surface area (Å²) in [6.07, 6.45) is 0. The molecule has 0 aliphatic carbocycles. The van der Waals surface area contributed by atoms with Crippen LogP contribution in [0.15, 0.2) is 29.2 Å². The van der Waals surface area contributed by atoms with Crippen LogP contribution in [0.2, 0.25) is 0 Å². The third-order valence-electron chi connectivity index (χ3n) is 2.67. The van der Waals surface area contributed by atoms with Gasteiger partial charge in [-0.2, -0.15) is 4.31 Å². The number of nitrogens with two attached hydrogens (primary N) is 1. The van der Waals surface area contributed by atoms with E-state index >= 15 is 0 Å². The zero-order valence-corrected chi connectivity index (χ0v) is 12.1. The van der Waals surface area contributed by atoms with Crippen LogP contribution in [0.5, 0.6) is 0 Å². The van der Waals surface area contributed by atoms with Gasteiger partial charge >= 0.3 is 0 Å². The molecule has 0 radical (unpaired) electrons. The molecular formula is C10H16ClN3O4S. The van der Waals surface area contributed by atoms with Crippen LogP contribution < -0.4 is 5.73 Å². The smallest absolute Gasteiger partial charge is 0.270 e. The number of sulfonamides is 1. The van der Waals surface area contributed by atoms with Gasteiger partial charge in [-0.25, -0.2) is 8.42 Å². The van der Waals surface area contributed by atoms with Crippen LogP contribution in [0.3, 0.4) is 0 Å². The minimum absolute atomic E-state index is 0.